The molecule has 1 aromatic carbocycles. The predicted octanol–water partition coefficient (Wildman–Crippen LogP) is 2.68. The number of benzene rings is 1. The molecule has 0 saturated heterocycles. The molecule has 5 nitrogen and oxygen atoms in total. The van der Waals surface area contributed by atoms with Crippen LogP contribution in [-0.4, -0.2) is 21.9 Å². The van der Waals surface area contributed by atoms with Gasteiger partial charge in [0.15, 0.2) is 0 Å². The maximum absolute atomic E-state index is 13.4. The number of nitro benzene ring substituents is 1. The number of allylic oxidation sites excluding steroid dienone is 1. The van der Waals surface area contributed by atoms with Crippen molar-refractivity contribution < 1.29 is 19.2 Å². The number of carbonyl (C=O) groups is 1. The summed E-state index contributed by atoms with van der Waals surface area (Å²) < 4.78 is 13.4. The number of rotatable bonds is 4. The standard InChI is InChI=1S/C10H7ClFNO4/c11-3-1-2-6-4-9(13(16)17)7(10(14)15)5-8(6)12/h1-2,4-5H,3H2,(H,14,15). The summed E-state index contributed by atoms with van der Waals surface area (Å²) in [6.45, 7) is 0. The minimum atomic E-state index is -1.55. The fourth-order valence-corrected chi connectivity index (χ4v) is 1.29. The van der Waals surface area contributed by atoms with E-state index in [1.54, 1.807) is 0 Å². The molecule has 1 rings (SSSR count). The molecule has 0 bridgehead atoms. The van der Waals surface area contributed by atoms with Crippen molar-refractivity contribution in [2.24, 2.45) is 0 Å². The van der Waals surface area contributed by atoms with Crippen LogP contribution in [0.5, 0.6) is 0 Å². The van der Waals surface area contributed by atoms with Gasteiger partial charge < -0.3 is 5.11 Å². The Morgan fingerprint density at radius 3 is 2.71 bits per heavy atom. The number of hydrogen-bond acceptors (Lipinski definition) is 3. The molecule has 0 unspecified atom stereocenters. The largest absolute Gasteiger partial charge is 0.477 e. The van der Waals surface area contributed by atoms with Crippen LogP contribution in [0.4, 0.5) is 10.1 Å². The average molecular weight is 260 g/mol. The number of hydrogen-bond donors (Lipinski definition) is 1. The van der Waals surface area contributed by atoms with Crippen molar-refractivity contribution in [2.45, 2.75) is 0 Å². The van der Waals surface area contributed by atoms with Crippen LogP contribution in [0.2, 0.25) is 0 Å². The Balaban J connectivity index is 3.39. The van der Waals surface area contributed by atoms with Crippen molar-refractivity contribution in [3.8, 4) is 0 Å². The molecule has 90 valence electrons. The maximum atomic E-state index is 13.4. The molecule has 0 aliphatic carbocycles. The third-order valence-electron chi connectivity index (χ3n) is 1.93. The fourth-order valence-electron chi connectivity index (χ4n) is 1.20. The number of halogens is 2. The molecule has 0 atom stereocenters. The molecule has 0 fully saturated rings. The summed E-state index contributed by atoms with van der Waals surface area (Å²) in [5.74, 6) is -2.29. The van der Waals surface area contributed by atoms with Gasteiger partial charge in [-0.15, -0.1) is 11.6 Å². The molecule has 0 saturated carbocycles. The van der Waals surface area contributed by atoms with Crippen LogP contribution in [0.1, 0.15) is 15.9 Å². The second-order valence-corrected chi connectivity index (χ2v) is 3.32. The number of carboxylic acid groups (broad SMARTS) is 1. The number of carboxylic acids is 1. The van der Waals surface area contributed by atoms with E-state index in [4.69, 9.17) is 16.7 Å². The lowest BCUT2D eigenvalue weighted by atomic mass is 10.1. The number of nitro groups is 1. The van der Waals surface area contributed by atoms with Crippen molar-refractivity contribution >= 4 is 29.3 Å². The first-order valence-corrected chi connectivity index (χ1v) is 4.94. The lowest BCUT2D eigenvalue weighted by Crippen LogP contribution is -2.04. The maximum Gasteiger partial charge on any atom is 0.342 e. The van der Waals surface area contributed by atoms with Crippen molar-refractivity contribution in [2.75, 3.05) is 5.88 Å². The van der Waals surface area contributed by atoms with E-state index in [1.807, 2.05) is 0 Å². The third kappa shape index (κ3) is 3.01. The van der Waals surface area contributed by atoms with E-state index in [0.717, 1.165) is 6.07 Å². The van der Waals surface area contributed by atoms with Crippen molar-refractivity contribution in [1.82, 2.24) is 0 Å². The van der Waals surface area contributed by atoms with E-state index in [9.17, 15) is 19.3 Å². The normalized spacial score (nSPS) is 10.7. The summed E-state index contributed by atoms with van der Waals surface area (Å²) in [6, 6.07) is 1.48. The van der Waals surface area contributed by atoms with Crippen molar-refractivity contribution in [1.29, 1.82) is 0 Å². The third-order valence-corrected chi connectivity index (χ3v) is 2.11. The Hall–Kier alpha value is -1.95. The van der Waals surface area contributed by atoms with Crippen LogP contribution >= 0.6 is 11.6 Å². The van der Waals surface area contributed by atoms with Crippen LogP contribution in [0.25, 0.3) is 6.08 Å². The van der Waals surface area contributed by atoms with Crippen LogP contribution in [0, 0.1) is 15.9 Å². The summed E-state index contributed by atoms with van der Waals surface area (Å²) in [4.78, 5) is 20.5. The summed E-state index contributed by atoms with van der Waals surface area (Å²) >= 11 is 5.35. The van der Waals surface area contributed by atoms with Crippen molar-refractivity contribution in [3.63, 3.8) is 0 Å². The molecule has 1 aromatic rings. The van der Waals surface area contributed by atoms with Gasteiger partial charge in [-0.2, -0.15) is 0 Å². The van der Waals surface area contributed by atoms with Crippen LogP contribution in [0.3, 0.4) is 0 Å². The topological polar surface area (TPSA) is 80.4 Å². The first-order valence-electron chi connectivity index (χ1n) is 4.41. The summed E-state index contributed by atoms with van der Waals surface area (Å²) in [5.41, 5.74) is -1.43. The lowest BCUT2D eigenvalue weighted by molar-refractivity contribution is -0.385. The summed E-state index contributed by atoms with van der Waals surface area (Å²) in [5, 5.41) is 19.3. The molecule has 1 N–H and O–H groups in total. The lowest BCUT2D eigenvalue weighted by Gasteiger charge is -2.01. The zero-order valence-electron chi connectivity index (χ0n) is 8.39. The molecule has 0 spiro atoms. The van der Waals surface area contributed by atoms with Gasteiger partial charge >= 0.3 is 5.97 Å². The van der Waals surface area contributed by atoms with E-state index in [0.29, 0.717) is 6.07 Å². The van der Waals surface area contributed by atoms with Gasteiger partial charge in [0.25, 0.3) is 5.69 Å². The van der Waals surface area contributed by atoms with Crippen LogP contribution in [-0.2, 0) is 0 Å². The van der Waals surface area contributed by atoms with Gasteiger partial charge in [0, 0.05) is 17.5 Å². The van der Waals surface area contributed by atoms with Gasteiger partial charge in [-0.3, -0.25) is 10.1 Å². The van der Waals surface area contributed by atoms with E-state index in [1.165, 1.54) is 12.2 Å². The Bertz CT molecular complexity index is 501. The van der Waals surface area contributed by atoms with Gasteiger partial charge in [-0.1, -0.05) is 12.2 Å². The molecule has 0 amide bonds. The van der Waals surface area contributed by atoms with Gasteiger partial charge in [0.05, 0.1) is 4.92 Å². The van der Waals surface area contributed by atoms with E-state index in [2.05, 4.69) is 0 Å². The van der Waals surface area contributed by atoms with E-state index < -0.39 is 28.0 Å². The molecule has 0 aromatic heterocycles. The molecule has 7 heteroatoms. The summed E-state index contributed by atoms with van der Waals surface area (Å²) in [7, 11) is 0. The Kier molecular flexibility index (Phi) is 4.17. The minimum Gasteiger partial charge on any atom is -0.477 e. The quantitative estimate of drug-likeness (QED) is 0.512. The van der Waals surface area contributed by atoms with Gasteiger partial charge in [-0.05, 0) is 6.07 Å². The van der Waals surface area contributed by atoms with Crippen LogP contribution < -0.4 is 0 Å². The SMILES string of the molecule is O=C(O)c1cc(F)c(C=CCCl)cc1[N+](=O)[O-]. The number of aromatic carboxylic acids is 1. The highest BCUT2D eigenvalue weighted by Gasteiger charge is 2.22. The second kappa shape index (κ2) is 5.40. The Morgan fingerprint density at radius 2 is 2.24 bits per heavy atom. The second-order valence-electron chi connectivity index (χ2n) is 3.01. The molecule has 0 heterocycles. The minimum absolute atomic E-state index is 0.0812. The molecule has 17 heavy (non-hydrogen) atoms. The fraction of sp³-hybridized carbons (Fsp3) is 0.100. The van der Waals surface area contributed by atoms with Crippen molar-refractivity contribution in [3.05, 3.63) is 45.3 Å². The summed E-state index contributed by atoms with van der Waals surface area (Å²) in [6.07, 6.45) is 2.64. The van der Waals surface area contributed by atoms with Gasteiger partial charge in [0.2, 0.25) is 0 Å². The van der Waals surface area contributed by atoms with E-state index in [-0.39, 0.29) is 11.4 Å². The zero-order chi connectivity index (χ0) is 13.0. The van der Waals surface area contributed by atoms with Gasteiger partial charge in [-0.25, -0.2) is 9.18 Å². The molecule has 0 aliphatic rings. The number of alkyl halides is 1. The predicted molar refractivity (Wildman–Crippen MR) is 59.8 cm³/mol. The number of nitrogens with zero attached hydrogens (tertiary/aromatic N) is 1. The first-order chi connectivity index (χ1) is 7.97. The highest BCUT2D eigenvalue weighted by atomic mass is 35.5. The highest BCUT2D eigenvalue weighted by Crippen LogP contribution is 2.24. The highest BCUT2D eigenvalue weighted by molar-refractivity contribution is 6.19. The smallest absolute Gasteiger partial charge is 0.342 e. The Morgan fingerprint density at radius 1 is 1.59 bits per heavy atom. The van der Waals surface area contributed by atoms with Crippen LogP contribution in [0.15, 0.2) is 18.2 Å². The van der Waals surface area contributed by atoms with Gasteiger partial charge in [0.1, 0.15) is 11.4 Å². The molecule has 0 aliphatic heterocycles. The molecular weight excluding hydrogens is 253 g/mol. The monoisotopic (exact) mass is 259 g/mol. The average Bonchev–Trinajstić information content (AvgIpc) is 2.26. The Labute approximate surface area is 100 Å². The molecule has 0 radical (unpaired) electrons. The zero-order valence-corrected chi connectivity index (χ0v) is 9.15. The first kappa shape index (κ1) is 13.1. The van der Waals surface area contributed by atoms with E-state index >= 15 is 0 Å². The molecular formula is C10H7ClFNO4.